The third kappa shape index (κ3) is 3.54. The summed E-state index contributed by atoms with van der Waals surface area (Å²) in [6.07, 6.45) is 0.0705. The Morgan fingerprint density at radius 1 is 1.04 bits per heavy atom. The van der Waals surface area contributed by atoms with Crippen molar-refractivity contribution in [2.75, 3.05) is 6.79 Å². The monoisotopic (exact) mass is 332 g/mol. The number of hydrazine groups is 1. The number of nitrogens with one attached hydrogen (secondary N) is 2. The number of ether oxygens (including phenoxy) is 2. The number of benzene rings is 2. The van der Waals surface area contributed by atoms with Gasteiger partial charge in [-0.05, 0) is 29.8 Å². The Balaban J connectivity index is 1.56. The zero-order valence-electron chi connectivity index (χ0n) is 12.0. The largest absolute Gasteiger partial charge is 0.454 e. The van der Waals surface area contributed by atoms with E-state index in [9.17, 15) is 9.59 Å². The molecule has 7 heteroatoms. The van der Waals surface area contributed by atoms with Crippen molar-refractivity contribution >= 4 is 23.4 Å². The molecule has 3 rings (SSSR count). The van der Waals surface area contributed by atoms with Gasteiger partial charge in [0, 0.05) is 10.6 Å². The molecule has 118 valence electrons. The van der Waals surface area contributed by atoms with E-state index in [0.717, 1.165) is 0 Å². The molecule has 0 spiro atoms. The van der Waals surface area contributed by atoms with Crippen molar-refractivity contribution in [1.82, 2.24) is 10.9 Å². The van der Waals surface area contributed by atoms with Crippen LogP contribution in [-0.4, -0.2) is 18.6 Å². The molecule has 0 aromatic heterocycles. The number of amides is 2. The van der Waals surface area contributed by atoms with Crippen LogP contribution in [0.3, 0.4) is 0 Å². The second-order valence-corrected chi connectivity index (χ2v) is 5.25. The van der Waals surface area contributed by atoms with E-state index in [1.807, 2.05) is 0 Å². The summed E-state index contributed by atoms with van der Waals surface area (Å²) in [5, 5.41) is 0.504. The third-order valence-corrected chi connectivity index (χ3v) is 3.63. The average Bonchev–Trinajstić information content (AvgIpc) is 3.02. The zero-order chi connectivity index (χ0) is 16.2. The molecule has 0 aliphatic carbocycles. The van der Waals surface area contributed by atoms with Crippen LogP contribution in [0.1, 0.15) is 15.9 Å². The fraction of sp³-hybridized carbons (Fsp3) is 0.125. The fourth-order valence-corrected chi connectivity index (χ4v) is 2.30. The van der Waals surface area contributed by atoms with Gasteiger partial charge in [0.2, 0.25) is 12.7 Å². The third-order valence-electron chi connectivity index (χ3n) is 3.26. The van der Waals surface area contributed by atoms with Crippen LogP contribution in [0.15, 0.2) is 42.5 Å². The molecule has 23 heavy (non-hydrogen) atoms. The van der Waals surface area contributed by atoms with Gasteiger partial charge >= 0.3 is 0 Å². The summed E-state index contributed by atoms with van der Waals surface area (Å²) < 4.78 is 10.4. The lowest BCUT2D eigenvalue weighted by molar-refractivity contribution is -0.121. The summed E-state index contributed by atoms with van der Waals surface area (Å²) in [5.74, 6) is 0.271. The van der Waals surface area contributed by atoms with E-state index in [2.05, 4.69) is 10.9 Å². The molecule has 2 amide bonds. The van der Waals surface area contributed by atoms with Crippen molar-refractivity contribution < 1.29 is 19.1 Å². The molecular formula is C16H13ClN2O4. The normalized spacial score (nSPS) is 11.9. The number of carbonyl (C=O) groups excluding carboxylic acids is 2. The van der Waals surface area contributed by atoms with Gasteiger partial charge in [0.1, 0.15) is 0 Å². The number of hydrogen-bond acceptors (Lipinski definition) is 4. The standard InChI is InChI=1S/C16H13ClN2O4/c17-12-4-2-1-3-10(12)8-15(20)18-19-16(21)11-5-6-13-14(7-11)23-9-22-13/h1-7H,8-9H2,(H,18,20)(H,19,21). The Hall–Kier alpha value is -2.73. The van der Waals surface area contributed by atoms with E-state index in [-0.39, 0.29) is 19.1 Å². The van der Waals surface area contributed by atoms with E-state index in [4.69, 9.17) is 21.1 Å². The van der Waals surface area contributed by atoms with E-state index < -0.39 is 5.91 Å². The maximum atomic E-state index is 12.0. The van der Waals surface area contributed by atoms with Crippen molar-refractivity contribution in [2.45, 2.75) is 6.42 Å². The minimum atomic E-state index is -0.448. The Morgan fingerprint density at radius 2 is 1.83 bits per heavy atom. The van der Waals surface area contributed by atoms with Crippen molar-refractivity contribution in [2.24, 2.45) is 0 Å². The van der Waals surface area contributed by atoms with Gasteiger partial charge in [-0.15, -0.1) is 0 Å². The number of halogens is 1. The van der Waals surface area contributed by atoms with Gasteiger partial charge in [-0.1, -0.05) is 29.8 Å². The highest BCUT2D eigenvalue weighted by atomic mass is 35.5. The van der Waals surface area contributed by atoms with Crippen molar-refractivity contribution in [3.8, 4) is 11.5 Å². The maximum Gasteiger partial charge on any atom is 0.269 e. The molecule has 1 heterocycles. The number of rotatable bonds is 3. The second-order valence-electron chi connectivity index (χ2n) is 4.84. The van der Waals surface area contributed by atoms with Gasteiger partial charge in [-0.3, -0.25) is 20.4 Å². The predicted molar refractivity (Wildman–Crippen MR) is 83.3 cm³/mol. The summed E-state index contributed by atoms with van der Waals surface area (Å²) in [7, 11) is 0. The first-order chi connectivity index (χ1) is 11.1. The van der Waals surface area contributed by atoms with Gasteiger partial charge in [-0.25, -0.2) is 0 Å². The zero-order valence-corrected chi connectivity index (χ0v) is 12.7. The molecule has 2 aromatic carbocycles. The number of carbonyl (C=O) groups is 2. The first-order valence-corrected chi connectivity index (χ1v) is 7.23. The SMILES string of the molecule is O=C(Cc1ccccc1Cl)NNC(=O)c1ccc2c(c1)OCO2. The molecule has 1 aliphatic heterocycles. The molecular weight excluding hydrogens is 320 g/mol. The summed E-state index contributed by atoms with van der Waals surface area (Å²) >= 11 is 5.99. The van der Waals surface area contributed by atoms with Gasteiger partial charge in [0.25, 0.3) is 5.91 Å². The minimum absolute atomic E-state index is 0.0705. The molecule has 2 N–H and O–H groups in total. The van der Waals surface area contributed by atoms with Crippen LogP contribution >= 0.6 is 11.6 Å². The molecule has 1 aliphatic rings. The van der Waals surface area contributed by atoms with Crippen LogP contribution in [0.2, 0.25) is 5.02 Å². The Bertz CT molecular complexity index is 763. The molecule has 0 saturated carbocycles. The topological polar surface area (TPSA) is 76.7 Å². The molecule has 0 saturated heterocycles. The fourth-order valence-electron chi connectivity index (χ4n) is 2.10. The predicted octanol–water partition coefficient (Wildman–Crippen LogP) is 2.07. The maximum absolute atomic E-state index is 12.0. The van der Waals surface area contributed by atoms with Crippen molar-refractivity contribution in [3.05, 3.63) is 58.6 Å². The summed E-state index contributed by atoms with van der Waals surface area (Å²) in [6.45, 7) is 0.134. The Labute approximate surface area is 137 Å². The molecule has 0 fully saturated rings. The highest BCUT2D eigenvalue weighted by Crippen LogP contribution is 2.32. The minimum Gasteiger partial charge on any atom is -0.454 e. The van der Waals surface area contributed by atoms with Gasteiger partial charge in [-0.2, -0.15) is 0 Å². The summed E-state index contributed by atoms with van der Waals surface area (Å²) in [5.41, 5.74) is 5.75. The first-order valence-electron chi connectivity index (χ1n) is 6.86. The van der Waals surface area contributed by atoms with Crippen LogP contribution < -0.4 is 20.3 Å². The summed E-state index contributed by atoms with van der Waals surface area (Å²) in [6, 6.07) is 11.8. The highest BCUT2D eigenvalue weighted by Gasteiger charge is 2.16. The molecule has 2 aromatic rings. The lowest BCUT2D eigenvalue weighted by Crippen LogP contribution is -2.42. The van der Waals surface area contributed by atoms with Gasteiger partial charge in [0.15, 0.2) is 11.5 Å². The lowest BCUT2D eigenvalue weighted by Gasteiger charge is -2.08. The number of hydrogen-bond donors (Lipinski definition) is 2. The van der Waals surface area contributed by atoms with Crippen molar-refractivity contribution in [1.29, 1.82) is 0 Å². The Morgan fingerprint density at radius 3 is 2.65 bits per heavy atom. The highest BCUT2D eigenvalue weighted by molar-refractivity contribution is 6.31. The molecule has 0 unspecified atom stereocenters. The second kappa shape index (κ2) is 6.58. The molecule has 0 bridgehead atoms. The number of fused-ring (bicyclic) bond motifs is 1. The quantitative estimate of drug-likeness (QED) is 0.844. The van der Waals surface area contributed by atoms with E-state index in [1.165, 1.54) is 0 Å². The average molecular weight is 333 g/mol. The lowest BCUT2D eigenvalue weighted by atomic mass is 10.1. The summed E-state index contributed by atoms with van der Waals surface area (Å²) in [4.78, 5) is 23.9. The first kappa shape index (κ1) is 15.2. The molecule has 0 radical (unpaired) electrons. The smallest absolute Gasteiger partial charge is 0.269 e. The van der Waals surface area contributed by atoms with E-state index >= 15 is 0 Å². The van der Waals surface area contributed by atoms with Gasteiger partial charge < -0.3 is 9.47 Å². The molecule has 0 atom stereocenters. The van der Waals surface area contributed by atoms with E-state index in [1.54, 1.807) is 42.5 Å². The van der Waals surface area contributed by atoms with E-state index in [0.29, 0.717) is 27.6 Å². The Kier molecular flexibility index (Phi) is 4.34. The van der Waals surface area contributed by atoms with Crippen molar-refractivity contribution in [3.63, 3.8) is 0 Å². The van der Waals surface area contributed by atoms with Crippen LogP contribution in [0, 0.1) is 0 Å². The van der Waals surface area contributed by atoms with Crippen LogP contribution in [0.25, 0.3) is 0 Å². The van der Waals surface area contributed by atoms with Crippen LogP contribution in [0.4, 0.5) is 0 Å². The van der Waals surface area contributed by atoms with Crippen LogP contribution in [0.5, 0.6) is 11.5 Å². The molecule has 6 nitrogen and oxygen atoms in total. The van der Waals surface area contributed by atoms with Crippen LogP contribution in [-0.2, 0) is 11.2 Å². The van der Waals surface area contributed by atoms with Gasteiger partial charge in [0.05, 0.1) is 6.42 Å².